The van der Waals surface area contributed by atoms with Crippen molar-refractivity contribution in [3.8, 4) is 0 Å². The van der Waals surface area contributed by atoms with Gasteiger partial charge < -0.3 is 15.2 Å². The van der Waals surface area contributed by atoms with Gasteiger partial charge in [-0.25, -0.2) is 0 Å². The summed E-state index contributed by atoms with van der Waals surface area (Å²) in [5, 5.41) is 11.1. The van der Waals surface area contributed by atoms with Crippen LogP contribution in [0.5, 0.6) is 0 Å². The molecule has 0 radical (unpaired) electrons. The first-order valence-electron chi connectivity index (χ1n) is 18.9. The van der Waals surface area contributed by atoms with Crippen molar-refractivity contribution in [1.82, 2.24) is 5.32 Å². The van der Waals surface area contributed by atoms with Crippen molar-refractivity contribution in [1.29, 1.82) is 0 Å². The van der Waals surface area contributed by atoms with E-state index >= 15 is 0 Å². The van der Waals surface area contributed by atoms with E-state index in [2.05, 4.69) is 73.8 Å². The number of unbranched alkanes of at least 4 members (excludes halogenated alkanes) is 14. The average molecular weight is 656 g/mol. The summed E-state index contributed by atoms with van der Waals surface area (Å²) in [4.78, 5) is 34.9. The Labute approximate surface area is 288 Å². The van der Waals surface area contributed by atoms with Crippen LogP contribution in [0.25, 0.3) is 0 Å². The normalized spacial score (nSPS) is 12.7. The van der Waals surface area contributed by atoms with Crippen molar-refractivity contribution in [3.05, 3.63) is 60.8 Å². The predicted octanol–water partition coefficient (Wildman–Crippen LogP) is 11.3. The monoisotopic (exact) mass is 656 g/mol. The summed E-state index contributed by atoms with van der Waals surface area (Å²) in [6.07, 6.45) is 46.4. The van der Waals surface area contributed by atoms with Gasteiger partial charge in [-0.3, -0.25) is 14.4 Å². The number of amides is 1. The summed E-state index contributed by atoms with van der Waals surface area (Å²) in [5.74, 6) is -1.43. The van der Waals surface area contributed by atoms with Crippen LogP contribution in [0.4, 0.5) is 0 Å². The Balaban J connectivity index is 4.29. The van der Waals surface area contributed by atoms with Crippen LogP contribution in [0.2, 0.25) is 0 Å². The standard InChI is InChI=1S/C41H69NO5/c1-3-5-7-9-11-13-15-16-17-18-19-21-23-25-27-32-36-41(46)47-38(34-30-28-31-35-39(43)42-37-40(44)45)33-29-26-24-22-20-14-12-10-8-6-4-2/h6,8,12,14,17-18,22,24,29,33,38H,3-5,7,9-11,13,15-16,19-21,23,25-28,30-32,34-37H2,1-2H3,(H,42,43)(H,44,45)/b8-6-,14-12-,18-17-,24-22-,33-29-. The number of hydrogen-bond donors (Lipinski definition) is 2. The van der Waals surface area contributed by atoms with E-state index in [0.29, 0.717) is 25.7 Å². The fraction of sp³-hybridized carbons (Fsp3) is 0.683. The number of hydrogen-bond acceptors (Lipinski definition) is 4. The highest BCUT2D eigenvalue weighted by molar-refractivity contribution is 5.80. The Bertz CT molecular complexity index is 902. The van der Waals surface area contributed by atoms with Crippen molar-refractivity contribution in [2.45, 2.75) is 174 Å². The summed E-state index contributed by atoms with van der Waals surface area (Å²) < 4.78 is 5.84. The van der Waals surface area contributed by atoms with E-state index < -0.39 is 5.97 Å². The zero-order valence-electron chi connectivity index (χ0n) is 30.1. The van der Waals surface area contributed by atoms with Crippen LogP contribution in [-0.2, 0) is 19.1 Å². The number of rotatable bonds is 33. The molecular weight excluding hydrogens is 586 g/mol. The molecule has 0 heterocycles. The molecule has 0 aliphatic carbocycles. The van der Waals surface area contributed by atoms with Crippen LogP contribution in [-0.4, -0.2) is 35.6 Å². The summed E-state index contributed by atoms with van der Waals surface area (Å²) in [6.45, 7) is 4.05. The zero-order valence-corrected chi connectivity index (χ0v) is 30.1. The molecule has 268 valence electrons. The second-order valence-electron chi connectivity index (χ2n) is 12.4. The molecule has 0 aliphatic rings. The van der Waals surface area contributed by atoms with Gasteiger partial charge in [-0.15, -0.1) is 0 Å². The maximum atomic E-state index is 12.6. The predicted molar refractivity (Wildman–Crippen MR) is 198 cm³/mol. The van der Waals surface area contributed by atoms with Crippen molar-refractivity contribution in [3.63, 3.8) is 0 Å². The molecule has 47 heavy (non-hydrogen) atoms. The first kappa shape index (κ1) is 44.1. The number of aliphatic carboxylic acids is 1. The summed E-state index contributed by atoms with van der Waals surface area (Å²) in [7, 11) is 0. The maximum absolute atomic E-state index is 12.6. The zero-order chi connectivity index (χ0) is 34.5. The first-order valence-corrected chi connectivity index (χ1v) is 18.9. The van der Waals surface area contributed by atoms with E-state index in [9.17, 15) is 14.4 Å². The van der Waals surface area contributed by atoms with Crippen molar-refractivity contribution in [2.75, 3.05) is 6.54 Å². The van der Waals surface area contributed by atoms with E-state index in [4.69, 9.17) is 9.84 Å². The molecule has 2 N–H and O–H groups in total. The van der Waals surface area contributed by atoms with Crippen LogP contribution < -0.4 is 5.32 Å². The number of allylic oxidation sites excluding steroid dienone is 9. The highest BCUT2D eigenvalue weighted by Crippen LogP contribution is 2.14. The van der Waals surface area contributed by atoms with E-state index in [-0.39, 0.29) is 24.5 Å². The average Bonchev–Trinajstić information content (AvgIpc) is 3.05. The number of nitrogens with one attached hydrogen (secondary N) is 1. The van der Waals surface area contributed by atoms with E-state index in [1.165, 1.54) is 64.2 Å². The number of esters is 1. The Hall–Kier alpha value is -2.89. The van der Waals surface area contributed by atoms with Gasteiger partial charge >= 0.3 is 11.9 Å². The summed E-state index contributed by atoms with van der Waals surface area (Å²) in [6, 6.07) is 0. The number of carboxylic acids is 1. The minimum atomic E-state index is -1.04. The molecule has 0 spiro atoms. The van der Waals surface area contributed by atoms with Crippen molar-refractivity contribution < 1.29 is 24.2 Å². The van der Waals surface area contributed by atoms with Crippen molar-refractivity contribution >= 4 is 17.8 Å². The van der Waals surface area contributed by atoms with Gasteiger partial charge in [-0.1, -0.05) is 133 Å². The first-order chi connectivity index (χ1) is 23.0. The molecule has 1 atom stereocenters. The van der Waals surface area contributed by atoms with Gasteiger partial charge in [0.25, 0.3) is 0 Å². The van der Waals surface area contributed by atoms with E-state index in [1.54, 1.807) is 0 Å². The third kappa shape index (κ3) is 35.8. The Kier molecular flexibility index (Phi) is 33.7. The smallest absolute Gasteiger partial charge is 0.322 e. The van der Waals surface area contributed by atoms with Crippen LogP contribution in [0.1, 0.15) is 168 Å². The lowest BCUT2D eigenvalue weighted by Crippen LogP contribution is -2.28. The Morgan fingerprint density at radius 3 is 1.70 bits per heavy atom. The van der Waals surface area contributed by atoms with Crippen molar-refractivity contribution in [2.24, 2.45) is 0 Å². The van der Waals surface area contributed by atoms with Gasteiger partial charge in [0.15, 0.2) is 0 Å². The molecular formula is C41H69NO5. The lowest BCUT2D eigenvalue weighted by atomic mass is 10.1. The molecule has 0 rings (SSSR count). The quantitative estimate of drug-likeness (QED) is 0.0417. The highest BCUT2D eigenvalue weighted by Gasteiger charge is 2.12. The molecule has 0 bridgehead atoms. The SMILES string of the molecule is CC/C=C\C/C=C\C/C=C\C/C=C\C(CCCCCC(=O)NCC(=O)O)OC(=O)CCCCCCC/C=C\CCCCCCCCC. The molecule has 6 nitrogen and oxygen atoms in total. The molecule has 6 heteroatoms. The lowest BCUT2D eigenvalue weighted by molar-refractivity contribution is -0.147. The van der Waals surface area contributed by atoms with Crippen LogP contribution in [0.3, 0.4) is 0 Å². The Morgan fingerprint density at radius 1 is 0.596 bits per heavy atom. The number of ether oxygens (including phenoxy) is 1. The third-order valence-corrected chi connectivity index (χ3v) is 7.91. The molecule has 0 aliphatic heterocycles. The second-order valence-corrected chi connectivity index (χ2v) is 12.4. The van der Waals surface area contributed by atoms with Gasteiger partial charge in [-0.2, -0.15) is 0 Å². The van der Waals surface area contributed by atoms with Crippen LogP contribution in [0.15, 0.2) is 60.8 Å². The minimum absolute atomic E-state index is 0.140. The van der Waals surface area contributed by atoms with Gasteiger partial charge in [0, 0.05) is 12.8 Å². The van der Waals surface area contributed by atoms with Crippen LogP contribution in [0, 0.1) is 0 Å². The molecule has 0 saturated carbocycles. The van der Waals surface area contributed by atoms with E-state index in [0.717, 1.165) is 64.2 Å². The fourth-order valence-electron chi connectivity index (χ4n) is 5.12. The molecule has 0 aromatic rings. The molecule has 0 saturated heterocycles. The van der Waals surface area contributed by atoms with Gasteiger partial charge in [0.1, 0.15) is 12.6 Å². The lowest BCUT2D eigenvalue weighted by Gasteiger charge is -2.14. The Morgan fingerprint density at radius 2 is 1.11 bits per heavy atom. The largest absolute Gasteiger partial charge is 0.480 e. The number of carbonyl (C=O) groups excluding carboxylic acids is 2. The number of carbonyl (C=O) groups is 3. The second kappa shape index (κ2) is 36.0. The fourth-order valence-corrected chi connectivity index (χ4v) is 5.12. The van der Waals surface area contributed by atoms with Gasteiger partial charge in [0.05, 0.1) is 0 Å². The number of carboxylic acid groups (broad SMARTS) is 1. The molecule has 1 unspecified atom stereocenters. The van der Waals surface area contributed by atoms with E-state index in [1.807, 2.05) is 6.08 Å². The molecule has 0 fully saturated rings. The summed E-state index contributed by atoms with van der Waals surface area (Å²) in [5.41, 5.74) is 0. The molecule has 0 aromatic heterocycles. The third-order valence-electron chi connectivity index (χ3n) is 7.91. The van der Waals surface area contributed by atoms with Crippen LogP contribution >= 0.6 is 0 Å². The molecule has 0 aromatic carbocycles. The summed E-state index contributed by atoms with van der Waals surface area (Å²) >= 11 is 0. The highest BCUT2D eigenvalue weighted by atomic mass is 16.5. The minimum Gasteiger partial charge on any atom is -0.480 e. The topological polar surface area (TPSA) is 92.7 Å². The maximum Gasteiger partial charge on any atom is 0.322 e. The molecule has 1 amide bonds. The van der Waals surface area contributed by atoms with Gasteiger partial charge in [-0.05, 0) is 83.1 Å². The van der Waals surface area contributed by atoms with Gasteiger partial charge in [0.2, 0.25) is 5.91 Å².